The van der Waals surface area contributed by atoms with Crippen LogP contribution in [0.4, 0.5) is 13.2 Å². The van der Waals surface area contributed by atoms with Gasteiger partial charge in [0.05, 0.1) is 12.8 Å². The summed E-state index contributed by atoms with van der Waals surface area (Å²) >= 11 is 0. The van der Waals surface area contributed by atoms with Crippen LogP contribution < -0.4 is 9.47 Å². The number of rotatable bonds is 6. The fourth-order valence-corrected chi connectivity index (χ4v) is 4.67. The first-order valence-corrected chi connectivity index (χ1v) is 11.7. The molecule has 2 aromatic heterocycles. The van der Waals surface area contributed by atoms with Gasteiger partial charge in [-0.25, -0.2) is 0 Å². The van der Waals surface area contributed by atoms with E-state index in [9.17, 15) is 22.8 Å². The zero-order valence-electron chi connectivity index (χ0n) is 20.4. The van der Waals surface area contributed by atoms with Crippen molar-refractivity contribution in [1.82, 2.24) is 9.88 Å². The second kappa shape index (κ2) is 9.81. The van der Waals surface area contributed by atoms with Crippen molar-refractivity contribution in [3.8, 4) is 11.5 Å². The number of esters is 1. The summed E-state index contributed by atoms with van der Waals surface area (Å²) in [5.74, 6) is 0.267. The van der Waals surface area contributed by atoms with Gasteiger partial charge in [0, 0.05) is 29.9 Å². The molecule has 0 saturated carbocycles. The van der Waals surface area contributed by atoms with Gasteiger partial charge in [0.2, 0.25) is 0 Å². The van der Waals surface area contributed by atoms with E-state index in [1.807, 2.05) is 18.2 Å². The molecule has 1 N–H and O–H groups in total. The van der Waals surface area contributed by atoms with Gasteiger partial charge < -0.3 is 28.5 Å². The molecule has 0 bridgehead atoms. The van der Waals surface area contributed by atoms with Crippen LogP contribution >= 0.6 is 0 Å². The van der Waals surface area contributed by atoms with Crippen LogP contribution in [0, 0.1) is 0 Å². The van der Waals surface area contributed by atoms with Crippen molar-refractivity contribution < 1.29 is 41.4 Å². The molecule has 11 heteroatoms. The third kappa shape index (κ3) is 5.04. The Bertz CT molecular complexity index is 1490. The van der Waals surface area contributed by atoms with Crippen molar-refractivity contribution in [3.63, 3.8) is 0 Å². The van der Waals surface area contributed by atoms with Gasteiger partial charge in [-0.1, -0.05) is 0 Å². The maximum Gasteiger partial charge on any atom is 0.573 e. The number of aromatic amines is 1. The molecule has 5 rings (SSSR count). The molecule has 1 aliphatic rings. The van der Waals surface area contributed by atoms with Gasteiger partial charge in [0.25, 0.3) is 5.91 Å². The molecular weight excluding hydrogens is 505 g/mol. The number of fused-ring (bicyclic) bond motifs is 3. The number of H-pyrrole nitrogens is 1. The quantitative estimate of drug-likeness (QED) is 0.331. The van der Waals surface area contributed by atoms with E-state index in [4.69, 9.17) is 13.9 Å². The van der Waals surface area contributed by atoms with Crippen molar-refractivity contribution in [1.29, 1.82) is 0 Å². The molecule has 198 valence electrons. The molecule has 0 aliphatic carbocycles. The van der Waals surface area contributed by atoms with Crippen molar-refractivity contribution in [2.75, 3.05) is 13.7 Å². The van der Waals surface area contributed by atoms with Crippen molar-refractivity contribution in [3.05, 3.63) is 82.9 Å². The molecule has 3 heterocycles. The minimum Gasteiger partial charge on any atom is -0.497 e. The summed E-state index contributed by atoms with van der Waals surface area (Å²) in [4.78, 5) is 29.9. The van der Waals surface area contributed by atoms with Crippen LogP contribution in [0.3, 0.4) is 0 Å². The molecule has 2 aromatic carbocycles. The van der Waals surface area contributed by atoms with Gasteiger partial charge >= 0.3 is 12.3 Å². The van der Waals surface area contributed by atoms with E-state index < -0.39 is 30.0 Å². The fraction of sp³-hybridized carbons (Fsp3) is 0.259. The van der Waals surface area contributed by atoms with Crippen LogP contribution in [-0.2, 0) is 22.6 Å². The number of ether oxygens (including phenoxy) is 3. The Morgan fingerprint density at radius 3 is 2.50 bits per heavy atom. The number of methoxy groups -OCH3 is 1. The molecule has 0 spiro atoms. The molecule has 4 aromatic rings. The second-order valence-electron chi connectivity index (χ2n) is 8.74. The third-order valence-electron chi connectivity index (χ3n) is 6.30. The van der Waals surface area contributed by atoms with Crippen molar-refractivity contribution in [2.24, 2.45) is 0 Å². The molecule has 38 heavy (non-hydrogen) atoms. The first kappa shape index (κ1) is 25.2. The smallest absolute Gasteiger partial charge is 0.497 e. The number of alkyl halides is 3. The lowest BCUT2D eigenvalue weighted by molar-refractivity contribution is -0.274. The minimum absolute atomic E-state index is 0.0621. The lowest BCUT2D eigenvalue weighted by Crippen LogP contribution is -2.40. The summed E-state index contributed by atoms with van der Waals surface area (Å²) in [6.45, 7) is 1.55. The summed E-state index contributed by atoms with van der Waals surface area (Å²) in [7, 11) is 1.59. The van der Waals surface area contributed by atoms with E-state index in [0.29, 0.717) is 30.2 Å². The minimum atomic E-state index is -4.83. The summed E-state index contributed by atoms with van der Waals surface area (Å²) in [6, 6.07) is 13.2. The van der Waals surface area contributed by atoms with Crippen molar-refractivity contribution >= 4 is 22.8 Å². The number of hydrogen-bond acceptors (Lipinski definition) is 6. The average molecular weight is 528 g/mol. The number of furan rings is 1. The van der Waals surface area contributed by atoms with Gasteiger partial charge in [-0.3, -0.25) is 9.59 Å². The van der Waals surface area contributed by atoms with Gasteiger partial charge in [-0.15, -0.1) is 13.2 Å². The Morgan fingerprint density at radius 2 is 1.82 bits per heavy atom. The Hall–Kier alpha value is -4.41. The highest BCUT2D eigenvalue weighted by Gasteiger charge is 2.37. The van der Waals surface area contributed by atoms with Crippen LogP contribution in [-0.4, -0.2) is 41.8 Å². The number of aromatic nitrogens is 1. The highest BCUT2D eigenvalue weighted by molar-refractivity contribution is 5.95. The normalized spacial score (nSPS) is 15.3. The van der Waals surface area contributed by atoms with Gasteiger partial charge in [0.15, 0.2) is 0 Å². The highest BCUT2D eigenvalue weighted by Crippen LogP contribution is 2.40. The predicted octanol–water partition coefficient (Wildman–Crippen LogP) is 5.52. The first-order valence-electron chi connectivity index (χ1n) is 11.7. The Kier molecular flexibility index (Phi) is 6.52. The number of hydrogen-bond donors (Lipinski definition) is 1. The number of carbonyl (C=O) groups excluding carboxylic acids is 2. The maximum atomic E-state index is 13.6. The number of nitrogens with zero attached hydrogens (tertiary/aromatic N) is 1. The number of nitrogens with one attached hydrogen (secondary N) is 1. The number of carbonyl (C=O) groups is 2. The fourth-order valence-electron chi connectivity index (χ4n) is 4.67. The number of halogens is 3. The zero-order valence-corrected chi connectivity index (χ0v) is 20.4. The standard InChI is InChI=1S/C27H23F3N2O6/c1-15(33)36-14-19-8-10-23(37-19)25-24-20(21-13-18(35-2)7-9-22(21)31-24)11-12-32(25)26(34)16-3-5-17(6-4-16)38-27(28,29)30/h3-10,13,25,31H,11-12,14H2,1-2H3/t25-/m1/s1. The van der Waals surface area contributed by atoms with Crippen LogP contribution in [0.2, 0.25) is 0 Å². The van der Waals surface area contributed by atoms with Gasteiger partial charge in [-0.2, -0.15) is 0 Å². The molecule has 0 radical (unpaired) electrons. The van der Waals surface area contributed by atoms with Gasteiger partial charge in [-0.05, 0) is 66.6 Å². The van der Waals surface area contributed by atoms with Crippen LogP contribution in [0.5, 0.6) is 11.5 Å². The largest absolute Gasteiger partial charge is 0.573 e. The monoisotopic (exact) mass is 528 g/mol. The lowest BCUT2D eigenvalue weighted by Gasteiger charge is -2.35. The van der Waals surface area contributed by atoms with E-state index in [1.165, 1.54) is 19.1 Å². The Labute approximate surface area is 214 Å². The lowest BCUT2D eigenvalue weighted by atomic mass is 9.95. The average Bonchev–Trinajstić information content (AvgIpc) is 3.50. The van der Waals surface area contributed by atoms with Crippen LogP contribution in [0.25, 0.3) is 10.9 Å². The highest BCUT2D eigenvalue weighted by atomic mass is 19.4. The van der Waals surface area contributed by atoms with Crippen LogP contribution in [0.1, 0.15) is 46.1 Å². The molecule has 1 amide bonds. The molecule has 8 nitrogen and oxygen atoms in total. The third-order valence-corrected chi connectivity index (χ3v) is 6.30. The first-order chi connectivity index (χ1) is 18.1. The predicted molar refractivity (Wildman–Crippen MR) is 129 cm³/mol. The molecule has 1 atom stereocenters. The van der Waals surface area contributed by atoms with E-state index in [0.717, 1.165) is 34.3 Å². The summed E-state index contributed by atoms with van der Waals surface area (Å²) in [6.07, 6.45) is -4.30. The van der Waals surface area contributed by atoms with Crippen LogP contribution in [0.15, 0.2) is 59.0 Å². The Balaban J connectivity index is 1.53. The molecule has 0 unspecified atom stereocenters. The van der Waals surface area contributed by atoms with E-state index in [1.54, 1.807) is 24.1 Å². The van der Waals surface area contributed by atoms with E-state index in [2.05, 4.69) is 9.72 Å². The topological polar surface area (TPSA) is 94.0 Å². The van der Waals surface area contributed by atoms with Gasteiger partial charge in [0.1, 0.15) is 35.7 Å². The summed E-state index contributed by atoms with van der Waals surface area (Å²) < 4.78 is 58.0. The molecule has 0 saturated heterocycles. The molecule has 0 fully saturated rings. The summed E-state index contributed by atoms with van der Waals surface area (Å²) in [5.41, 5.74) is 2.80. The van der Waals surface area contributed by atoms with Crippen molar-refractivity contribution in [2.45, 2.75) is 32.4 Å². The molecule has 1 aliphatic heterocycles. The summed E-state index contributed by atoms with van der Waals surface area (Å²) in [5, 5.41) is 0.955. The maximum absolute atomic E-state index is 13.6. The van der Waals surface area contributed by atoms with E-state index >= 15 is 0 Å². The number of amides is 1. The SMILES string of the molecule is COc1ccc2[nH]c3c(c2c1)CCN(C(=O)c1ccc(OC(F)(F)F)cc1)[C@@H]3c1ccc(COC(C)=O)o1. The Morgan fingerprint density at radius 1 is 1.08 bits per heavy atom. The zero-order chi connectivity index (χ0) is 27.0. The van der Waals surface area contributed by atoms with E-state index in [-0.39, 0.29) is 12.2 Å². The number of benzene rings is 2. The second-order valence-corrected chi connectivity index (χ2v) is 8.74. The molecular formula is C27H23F3N2O6.